The number of hydrogen-bond acceptors (Lipinski definition) is 2. The third kappa shape index (κ3) is 2.91. The van der Waals surface area contributed by atoms with E-state index in [1.807, 2.05) is 4.90 Å². The average Bonchev–Trinajstić information content (AvgIpc) is 2.66. The first-order valence-corrected chi connectivity index (χ1v) is 6.78. The third-order valence-corrected chi connectivity index (χ3v) is 3.77. The molecule has 0 aromatic heterocycles. The highest BCUT2D eigenvalue weighted by Crippen LogP contribution is 2.20. The van der Waals surface area contributed by atoms with Crippen molar-refractivity contribution in [1.29, 1.82) is 5.26 Å². The molecule has 0 radical (unpaired) electrons. The van der Waals surface area contributed by atoms with E-state index in [4.69, 9.17) is 5.26 Å². The minimum Gasteiger partial charge on any atom is -0.325 e. The van der Waals surface area contributed by atoms with Gasteiger partial charge in [-0.05, 0) is 32.1 Å². The molecule has 2 saturated heterocycles. The number of nitriles is 1. The van der Waals surface area contributed by atoms with Gasteiger partial charge < -0.3 is 9.80 Å². The number of carbonyl (C=O) groups excluding carboxylic acids is 1. The standard InChI is InChI=1S/C13H21N3O/c14-11-12-7-3-6-10-16(12)13(17)15-8-4-1-2-5-9-15/h12H,1-10H2. The molecule has 2 rings (SSSR count). The normalized spacial score (nSPS) is 26.2. The van der Waals surface area contributed by atoms with E-state index in [2.05, 4.69) is 6.07 Å². The molecule has 94 valence electrons. The molecule has 4 heteroatoms. The van der Waals surface area contributed by atoms with Crippen LogP contribution in [0.15, 0.2) is 0 Å². The Balaban J connectivity index is 1.99. The molecular weight excluding hydrogens is 214 g/mol. The molecule has 0 aliphatic carbocycles. The second-order valence-corrected chi connectivity index (χ2v) is 5.02. The van der Waals surface area contributed by atoms with Crippen molar-refractivity contribution in [3.05, 3.63) is 0 Å². The minimum absolute atomic E-state index is 0.0955. The lowest BCUT2D eigenvalue weighted by molar-refractivity contribution is 0.131. The minimum atomic E-state index is -0.195. The molecule has 2 aliphatic heterocycles. The van der Waals surface area contributed by atoms with Crippen molar-refractivity contribution in [2.75, 3.05) is 19.6 Å². The van der Waals surface area contributed by atoms with Crippen LogP contribution in [0.3, 0.4) is 0 Å². The van der Waals surface area contributed by atoms with Crippen molar-refractivity contribution in [3.63, 3.8) is 0 Å². The number of likely N-dealkylation sites (tertiary alicyclic amines) is 2. The predicted octanol–water partition coefficient (Wildman–Crippen LogP) is 2.36. The van der Waals surface area contributed by atoms with E-state index in [9.17, 15) is 4.79 Å². The second kappa shape index (κ2) is 5.90. The number of nitrogens with zero attached hydrogens (tertiary/aromatic N) is 3. The summed E-state index contributed by atoms with van der Waals surface area (Å²) < 4.78 is 0. The van der Waals surface area contributed by atoms with Crippen molar-refractivity contribution in [3.8, 4) is 6.07 Å². The van der Waals surface area contributed by atoms with Crippen LogP contribution in [-0.4, -0.2) is 41.5 Å². The summed E-state index contributed by atoms with van der Waals surface area (Å²) in [5.41, 5.74) is 0. The van der Waals surface area contributed by atoms with Crippen LogP contribution in [0, 0.1) is 11.3 Å². The van der Waals surface area contributed by atoms with E-state index in [0.717, 1.165) is 51.7 Å². The van der Waals surface area contributed by atoms with Gasteiger partial charge in [0, 0.05) is 19.6 Å². The molecule has 0 aromatic rings. The number of carbonyl (C=O) groups is 1. The van der Waals surface area contributed by atoms with Crippen LogP contribution < -0.4 is 0 Å². The summed E-state index contributed by atoms with van der Waals surface area (Å²) in [7, 11) is 0. The quantitative estimate of drug-likeness (QED) is 0.647. The van der Waals surface area contributed by atoms with E-state index in [1.165, 1.54) is 12.8 Å². The van der Waals surface area contributed by atoms with Crippen LogP contribution in [0.2, 0.25) is 0 Å². The van der Waals surface area contributed by atoms with E-state index < -0.39 is 0 Å². The number of piperidine rings is 1. The molecular formula is C13H21N3O. The Labute approximate surface area is 103 Å². The van der Waals surface area contributed by atoms with Crippen molar-refractivity contribution in [2.24, 2.45) is 0 Å². The zero-order valence-corrected chi connectivity index (χ0v) is 10.4. The van der Waals surface area contributed by atoms with Crippen LogP contribution in [0.25, 0.3) is 0 Å². The van der Waals surface area contributed by atoms with E-state index in [0.29, 0.717) is 0 Å². The summed E-state index contributed by atoms with van der Waals surface area (Å²) >= 11 is 0. The Kier molecular flexibility index (Phi) is 4.24. The Morgan fingerprint density at radius 2 is 1.65 bits per heavy atom. The van der Waals surface area contributed by atoms with Crippen LogP contribution >= 0.6 is 0 Å². The maximum atomic E-state index is 12.4. The van der Waals surface area contributed by atoms with Gasteiger partial charge in [-0.15, -0.1) is 0 Å². The highest BCUT2D eigenvalue weighted by atomic mass is 16.2. The summed E-state index contributed by atoms with van der Waals surface area (Å²) in [4.78, 5) is 16.1. The van der Waals surface area contributed by atoms with Crippen LogP contribution in [0.4, 0.5) is 4.79 Å². The van der Waals surface area contributed by atoms with Gasteiger partial charge in [-0.2, -0.15) is 5.26 Å². The van der Waals surface area contributed by atoms with Gasteiger partial charge in [-0.25, -0.2) is 4.79 Å². The SMILES string of the molecule is N#CC1CCCCN1C(=O)N1CCCCCC1. The van der Waals surface area contributed by atoms with Crippen LogP contribution in [0.5, 0.6) is 0 Å². The summed E-state index contributed by atoms with van der Waals surface area (Å²) in [6.07, 6.45) is 7.63. The lowest BCUT2D eigenvalue weighted by atomic mass is 10.0. The number of hydrogen-bond donors (Lipinski definition) is 0. The molecule has 2 aliphatic rings. The lowest BCUT2D eigenvalue weighted by Crippen LogP contribution is -2.50. The zero-order valence-electron chi connectivity index (χ0n) is 10.4. The second-order valence-electron chi connectivity index (χ2n) is 5.02. The van der Waals surface area contributed by atoms with Gasteiger partial charge in [0.05, 0.1) is 6.07 Å². The smallest absolute Gasteiger partial charge is 0.321 e. The van der Waals surface area contributed by atoms with Gasteiger partial charge in [0.2, 0.25) is 0 Å². The molecule has 0 saturated carbocycles. The fourth-order valence-corrected chi connectivity index (χ4v) is 2.74. The molecule has 0 spiro atoms. The fraction of sp³-hybridized carbons (Fsp3) is 0.846. The molecule has 1 atom stereocenters. The van der Waals surface area contributed by atoms with Gasteiger partial charge in [0.25, 0.3) is 0 Å². The lowest BCUT2D eigenvalue weighted by Gasteiger charge is -2.35. The van der Waals surface area contributed by atoms with Crippen molar-refractivity contribution in [2.45, 2.75) is 51.0 Å². The molecule has 0 aromatic carbocycles. The maximum absolute atomic E-state index is 12.4. The summed E-state index contributed by atoms with van der Waals surface area (Å²) in [6.45, 7) is 2.49. The van der Waals surface area contributed by atoms with E-state index in [-0.39, 0.29) is 12.1 Å². The first kappa shape index (κ1) is 12.2. The van der Waals surface area contributed by atoms with Crippen molar-refractivity contribution >= 4 is 6.03 Å². The van der Waals surface area contributed by atoms with Gasteiger partial charge >= 0.3 is 6.03 Å². The molecule has 2 heterocycles. The van der Waals surface area contributed by atoms with Crippen molar-refractivity contribution in [1.82, 2.24) is 9.80 Å². The van der Waals surface area contributed by atoms with E-state index >= 15 is 0 Å². The van der Waals surface area contributed by atoms with Crippen LogP contribution in [-0.2, 0) is 0 Å². The third-order valence-electron chi connectivity index (χ3n) is 3.77. The molecule has 1 unspecified atom stereocenters. The van der Waals surface area contributed by atoms with Gasteiger partial charge in [-0.1, -0.05) is 12.8 Å². The number of rotatable bonds is 0. The molecule has 4 nitrogen and oxygen atoms in total. The van der Waals surface area contributed by atoms with E-state index in [1.54, 1.807) is 4.90 Å². The summed E-state index contributed by atoms with van der Waals surface area (Å²) in [6, 6.07) is 2.17. The highest BCUT2D eigenvalue weighted by molar-refractivity contribution is 5.75. The number of amides is 2. The Bertz CT molecular complexity index is 302. The zero-order chi connectivity index (χ0) is 12.1. The average molecular weight is 235 g/mol. The predicted molar refractivity (Wildman–Crippen MR) is 65.4 cm³/mol. The van der Waals surface area contributed by atoms with Crippen LogP contribution in [0.1, 0.15) is 44.9 Å². The first-order valence-electron chi connectivity index (χ1n) is 6.78. The Hall–Kier alpha value is -1.24. The van der Waals surface area contributed by atoms with Crippen molar-refractivity contribution < 1.29 is 4.79 Å². The van der Waals surface area contributed by atoms with Gasteiger partial charge in [0.1, 0.15) is 6.04 Å². The molecule has 2 amide bonds. The topological polar surface area (TPSA) is 47.3 Å². The molecule has 0 N–H and O–H groups in total. The summed E-state index contributed by atoms with van der Waals surface area (Å²) in [5.74, 6) is 0. The van der Waals surface area contributed by atoms with Gasteiger partial charge in [-0.3, -0.25) is 0 Å². The fourth-order valence-electron chi connectivity index (χ4n) is 2.74. The Morgan fingerprint density at radius 1 is 1.00 bits per heavy atom. The summed E-state index contributed by atoms with van der Waals surface area (Å²) in [5, 5.41) is 9.10. The molecule has 0 bridgehead atoms. The maximum Gasteiger partial charge on any atom is 0.321 e. The molecule has 2 fully saturated rings. The Morgan fingerprint density at radius 3 is 2.29 bits per heavy atom. The largest absolute Gasteiger partial charge is 0.325 e. The number of urea groups is 1. The monoisotopic (exact) mass is 235 g/mol. The van der Waals surface area contributed by atoms with Gasteiger partial charge in [0.15, 0.2) is 0 Å². The first-order chi connectivity index (χ1) is 8.33. The molecule has 17 heavy (non-hydrogen) atoms. The highest BCUT2D eigenvalue weighted by Gasteiger charge is 2.29.